The number of alkyl halides is 1. The lowest BCUT2D eigenvalue weighted by Gasteiger charge is -2.26. The molecule has 5 heteroatoms. The molecule has 1 aliphatic carbocycles. The molecule has 1 aromatic rings. The molecule has 0 aromatic heterocycles. The highest BCUT2D eigenvalue weighted by atomic mass is 19.2. The monoisotopic (exact) mass is 398 g/mol. The third-order valence-corrected chi connectivity index (χ3v) is 5.30. The Hall–Kier alpha value is -1.65. The summed E-state index contributed by atoms with van der Waals surface area (Å²) in [5.74, 6) is -1.17. The molecule has 1 fully saturated rings. The number of ether oxygens (including phenoxy) is 2. The Morgan fingerprint density at radius 1 is 0.964 bits per heavy atom. The normalized spacial score (nSPS) is 19.9. The second-order valence-electron chi connectivity index (χ2n) is 7.60. The molecule has 0 bridgehead atoms. The van der Waals surface area contributed by atoms with Gasteiger partial charge in [0.15, 0.2) is 11.5 Å². The van der Waals surface area contributed by atoms with Crippen molar-refractivity contribution in [3.8, 4) is 11.5 Å². The average molecular weight is 399 g/mol. The van der Waals surface area contributed by atoms with E-state index in [1.54, 1.807) is 0 Å². The Labute approximate surface area is 167 Å². The van der Waals surface area contributed by atoms with E-state index < -0.39 is 11.6 Å². The highest BCUT2D eigenvalue weighted by molar-refractivity contribution is 5.35. The van der Waals surface area contributed by atoms with Crippen LogP contribution in [-0.4, -0.2) is 19.9 Å². The lowest BCUT2D eigenvalue weighted by atomic mass is 9.82. The Morgan fingerprint density at radius 3 is 2.29 bits per heavy atom. The summed E-state index contributed by atoms with van der Waals surface area (Å²) < 4.78 is 51.4. The van der Waals surface area contributed by atoms with Gasteiger partial charge in [-0.2, -0.15) is 8.78 Å². The highest BCUT2D eigenvalue weighted by Gasteiger charge is 2.21. The van der Waals surface area contributed by atoms with Crippen LogP contribution < -0.4 is 9.47 Å². The minimum atomic E-state index is -0.976. The largest absolute Gasteiger partial charge is 0.490 e. The van der Waals surface area contributed by atoms with Gasteiger partial charge < -0.3 is 9.47 Å². The Bertz CT molecular complexity index is 596. The molecule has 1 aromatic carbocycles. The molecule has 0 N–H and O–H groups in total. The minimum absolute atomic E-state index is 0.0494. The van der Waals surface area contributed by atoms with Crippen molar-refractivity contribution >= 4 is 0 Å². The van der Waals surface area contributed by atoms with E-state index in [9.17, 15) is 13.2 Å². The summed E-state index contributed by atoms with van der Waals surface area (Å²) in [7, 11) is 0. The van der Waals surface area contributed by atoms with Crippen LogP contribution in [0.3, 0.4) is 0 Å². The van der Waals surface area contributed by atoms with E-state index >= 15 is 0 Å². The van der Waals surface area contributed by atoms with Gasteiger partial charge in [-0.1, -0.05) is 31.9 Å². The maximum absolute atomic E-state index is 14.2. The molecule has 158 valence electrons. The highest BCUT2D eigenvalue weighted by Crippen LogP contribution is 2.32. The predicted octanol–water partition coefficient (Wildman–Crippen LogP) is 7.02. The summed E-state index contributed by atoms with van der Waals surface area (Å²) in [6.45, 7) is 2.59. The molecule has 0 heterocycles. The molecule has 0 amide bonds. The van der Waals surface area contributed by atoms with E-state index in [-0.39, 0.29) is 18.2 Å². The molecule has 1 aliphatic rings. The first-order chi connectivity index (χ1) is 13.7. The number of unbranched alkanes of at least 4 members (excludes halogenated alkanes) is 3. The molecular weight excluding hydrogens is 365 g/mol. The summed E-state index contributed by atoms with van der Waals surface area (Å²) in [4.78, 5) is 0. The van der Waals surface area contributed by atoms with Crippen molar-refractivity contribution in [3.05, 3.63) is 35.9 Å². The van der Waals surface area contributed by atoms with Gasteiger partial charge in [-0.15, -0.1) is 0 Å². The first kappa shape index (κ1) is 22.6. The molecule has 1 saturated carbocycles. The fourth-order valence-electron chi connectivity index (χ4n) is 3.51. The van der Waals surface area contributed by atoms with Crippen LogP contribution in [0, 0.1) is 23.5 Å². The van der Waals surface area contributed by atoms with Gasteiger partial charge in [-0.3, -0.25) is 4.39 Å². The second kappa shape index (κ2) is 12.7. The van der Waals surface area contributed by atoms with Crippen LogP contribution in [0.5, 0.6) is 11.5 Å². The van der Waals surface area contributed by atoms with E-state index in [2.05, 4.69) is 19.1 Å². The summed E-state index contributed by atoms with van der Waals surface area (Å²) in [6, 6.07) is 2.89. The smallest absolute Gasteiger partial charge is 0.204 e. The number of hydrogen-bond acceptors (Lipinski definition) is 2. The Kier molecular flexibility index (Phi) is 10.3. The third-order valence-electron chi connectivity index (χ3n) is 5.30. The number of benzene rings is 1. The maximum Gasteiger partial charge on any atom is 0.204 e. The summed E-state index contributed by atoms with van der Waals surface area (Å²) in [5.41, 5.74) is 0. The number of rotatable bonds is 12. The first-order valence-electron chi connectivity index (χ1n) is 10.6. The lowest BCUT2D eigenvalue weighted by Crippen LogP contribution is -2.19. The maximum atomic E-state index is 14.2. The minimum Gasteiger partial charge on any atom is -0.490 e. The van der Waals surface area contributed by atoms with Crippen LogP contribution in [0.25, 0.3) is 0 Å². The number of halogens is 3. The van der Waals surface area contributed by atoms with E-state index in [1.807, 2.05) is 0 Å². The first-order valence-corrected chi connectivity index (χ1v) is 10.6. The lowest BCUT2D eigenvalue weighted by molar-refractivity contribution is 0.186. The van der Waals surface area contributed by atoms with Gasteiger partial charge in [-0.05, 0) is 68.9 Å². The number of allylic oxidation sites excluding steroid dienone is 2. The summed E-state index contributed by atoms with van der Waals surface area (Å²) in [5, 5.41) is 0. The number of hydrogen-bond donors (Lipinski definition) is 0. The third kappa shape index (κ3) is 7.40. The van der Waals surface area contributed by atoms with Crippen molar-refractivity contribution < 1.29 is 22.6 Å². The van der Waals surface area contributed by atoms with Crippen molar-refractivity contribution in [1.82, 2.24) is 0 Å². The van der Waals surface area contributed by atoms with Gasteiger partial charge in [0.2, 0.25) is 11.6 Å². The second-order valence-corrected chi connectivity index (χ2v) is 7.60. The topological polar surface area (TPSA) is 18.5 Å². The van der Waals surface area contributed by atoms with Crippen molar-refractivity contribution in [3.63, 3.8) is 0 Å². The van der Waals surface area contributed by atoms with Crippen LogP contribution in [0.15, 0.2) is 24.3 Å². The van der Waals surface area contributed by atoms with Gasteiger partial charge in [0.25, 0.3) is 0 Å². The van der Waals surface area contributed by atoms with E-state index in [4.69, 9.17) is 9.47 Å². The average Bonchev–Trinajstić information content (AvgIpc) is 2.72. The van der Waals surface area contributed by atoms with Gasteiger partial charge in [-0.25, -0.2) is 0 Å². The fraction of sp³-hybridized carbons (Fsp3) is 0.652. The van der Waals surface area contributed by atoms with E-state index in [0.29, 0.717) is 31.5 Å². The van der Waals surface area contributed by atoms with Gasteiger partial charge in [0, 0.05) is 0 Å². The Balaban J connectivity index is 1.75. The molecule has 2 rings (SSSR count). The van der Waals surface area contributed by atoms with Crippen molar-refractivity contribution in [2.75, 3.05) is 19.9 Å². The molecule has 28 heavy (non-hydrogen) atoms. The van der Waals surface area contributed by atoms with Gasteiger partial charge in [0.1, 0.15) is 0 Å². The zero-order valence-electron chi connectivity index (χ0n) is 16.9. The molecule has 0 aliphatic heterocycles. The standard InChI is InChI=1S/C23H33F3O2/c1-2-3-7-16-27-20-13-14-21(23(26)22(20)25)28-17-19-11-9-18(10-12-19)8-5-4-6-15-24/h5,8,13-14,18-19H,2-4,6-7,9-12,15-17H2,1H3. The van der Waals surface area contributed by atoms with Gasteiger partial charge in [0.05, 0.1) is 19.9 Å². The Morgan fingerprint density at radius 2 is 1.64 bits per heavy atom. The zero-order valence-corrected chi connectivity index (χ0v) is 16.9. The van der Waals surface area contributed by atoms with Crippen LogP contribution in [-0.2, 0) is 0 Å². The van der Waals surface area contributed by atoms with Crippen molar-refractivity contribution in [1.29, 1.82) is 0 Å². The van der Waals surface area contributed by atoms with Crippen molar-refractivity contribution in [2.45, 2.75) is 64.7 Å². The fourth-order valence-corrected chi connectivity index (χ4v) is 3.51. The zero-order chi connectivity index (χ0) is 20.2. The predicted molar refractivity (Wildman–Crippen MR) is 107 cm³/mol. The molecule has 0 saturated heterocycles. The van der Waals surface area contributed by atoms with E-state index in [1.165, 1.54) is 12.1 Å². The van der Waals surface area contributed by atoms with Gasteiger partial charge >= 0.3 is 0 Å². The molecular formula is C23H33F3O2. The quantitative estimate of drug-likeness (QED) is 0.278. The molecule has 0 spiro atoms. The SMILES string of the molecule is CCCCCOc1ccc(OCC2CCC(C=CCCCF)CC2)c(F)c1F. The molecule has 0 atom stereocenters. The van der Waals surface area contributed by atoms with Crippen LogP contribution in [0.4, 0.5) is 13.2 Å². The van der Waals surface area contributed by atoms with E-state index in [0.717, 1.165) is 51.4 Å². The summed E-state index contributed by atoms with van der Waals surface area (Å²) >= 11 is 0. The molecule has 2 nitrogen and oxygen atoms in total. The molecule has 0 radical (unpaired) electrons. The van der Waals surface area contributed by atoms with Crippen molar-refractivity contribution in [2.24, 2.45) is 11.8 Å². The summed E-state index contributed by atoms with van der Waals surface area (Å²) in [6.07, 6.45) is 12.6. The van der Waals surface area contributed by atoms with Crippen LogP contribution in [0.1, 0.15) is 64.7 Å². The molecule has 0 unspecified atom stereocenters. The van der Waals surface area contributed by atoms with Crippen LogP contribution >= 0.6 is 0 Å². The van der Waals surface area contributed by atoms with Crippen LogP contribution in [0.2, 0.25) is 0 Å².